The van der Waals surface area contributed by atoms with Gasteiger partial charge in [-0.2, -0.15) is 11.8 Å². The molecule has 1 aromatic rings. The van der Waals surface area contributed by atoms with Crippen LogP contribution < -0.4 is 10.6 Å². The van der Waals surface area contributed by atoms with Crippen molar-refractivity contribution in [3.05, 3.63) is 33.9 Å². The molecule has 1 rings (SSSR count). The molecule has 0 spiro atoms. The van der Waals surface area contributed by atoms with Gasteiger partial charge in [-0.15, -0.1) is 0 Å². The van der Waals surface area contributed by atoms with Crippen molar-refractivity contribution in [2.75, 3.05) is 30.4 Å². The van der Waals surface area contributed by atoms with E-state index in [1.165, 1.54) is 6.07 Å². The molecule has 20 heavy (non-hydrogen) atoms. The smallest absolute Gasteiger partial charge is 0.293 e. The van der Waals surface area contributed by atoms with Gasteiger partial charge in [0.25, 0.3) is 11.6 Å². The quantitative estimate of drug-likeness (QED) is 0.437. The second-order valence-corrected chi connectivity index (χ2v) is 5.15. The molecule has 110 valence electrons. The first kappa shape index (κ1) is 16.3. The van der Waals surface area contributed by atoms with E-state index in [9.17, 15) is 14.9 Å². The van der Waals surface area contributed by atoms with E-state index < -0.39 is 4.92 Å². The lowest BCUT2D eigenvalue weighted by Gasteiger charge is -2.08. The summed E-state index contributed by atoms with van der Waals surface area (Å²) in [5.41, 5.74) is 0.674. The van der Waals surface area contributed by atoms with E-state index in [0.717, 1.165) is 12.2 Å². The van der Waals surface area contributed by atoms with Crippen molar-refractivity contribution in [1.82, 2.24) is 5.32 Å². The number of carbonyl (C=O) groups is 1. The molecule has 7 heteroatoms. The molecule has 0 aromatic heterocycles. The average Bonchev–Trinajstić information content (AvgIpc) is 2.45. The van der Waals surface area contributed by atoms with Crippen LogP contribution in [-0.2, 0) is 0 Å². The number of nitrogens with zero attached hydrogens (tertiary/aromatic N) is 1. The summed E-state index contributed by atoms with van der Waals surface area (Å²) >= 11 is 1.63. The van der Waals surface area contributed by atoms with Gasteiger partial charge in [-0.1, -0.05) is 6.92 Å². The molecule has 0 fully saturated rings. The van der Waals surface area contributed by atoms with E-state index in [-0.39, 0.29) is 11.6 Å². The summed E-state index contributed by atoms with van der Waals surface area (Å²) in [6, 6.07) is 4.49. The third kappa shape index (κ3) is 4.73. The van der Waals surface area contributed by atoms with E-state index in [1.807, 2.05) is 13.2 Å². The Morgan fingerprint density at radius 3 is 2.75 bits per heavy atom. The minimum absolute atomic E-state index is 0.0732. The molecule has 0 aliphatic rings. The van der Waals surface area contributed by atoms with E-state index in [2.05, 4.69) is 10.6 Å². The zero-order chi connectivity index (χ0) is 15.0. The fraction of sp³-hybridized carbons (Fsp3) is 0.462. The van der Waals surface area contributed by atoms with Crippen LogP contribution in [0.25, 0.3) is 0 Å². The Balaban J connectivity index is 2.86. The zero-order valence-corrected chi connectivity index (χ0v) is 12.5. The van der Waals surface area contributed by atoms with Gasteiger partial charge >= 0.3 is 0 Å². The van der Waals surface area contributed by atoms with E-state index in [0.29, 0.717) is 24.3 Å². The fourth-order valence-corrected chi connectivity index (χ4v) is 1.91. The Bertz CT molecular complexity index is 480. The number of nitrogens with one attached hydrogen (secondary N) is 2. The normalized spacial score (nSPS) is 10.1. The van der Waals surface area contributed by atoms with Crippen molar-refractivity contribution in [3.8, 4) is 0 Å². The molecule has 0 saturated heterocycles. The third-order valence-corrected chi connectivity index (χ3v) is 3.23. The van der Waals surface area contributed by atoms with Crippen LogP contribution in [0.2, 0.25) is 0 Å². The van der Waals surface area contributed by atoms with Crippen LogP contribution in [0.4, 0.5) is 11.4 Å². The molecule has 1 amide bonds. The fourth-order valence-electron chi connectivity index (χ4n) is 1.60. The Labute approximate surface area is 122 Å². The molecule has 1 aromatic carbocycles. The topological polar surface area (TPSA) is 84.3 Å². The Kier molecular flexibility index (Phi) is 6.86. The highest BCUT2D eigenvalue weighted by Crippen LogP contribution is 2.25. The van der Waals surface area contributed by atoms with Gasteiger partial charge in [0.15, 0.2) is 0 Å². The number of hydrogen-bond acceptors (Lipinski definition) is 5. The number of benzene rings is 1. The standard InChI is InChI=1S/C13H19N3O3S/c1-3-6-14-11-5-4-10(9-12(11)16(18)19)13(17)15-7-8-20-2/h4-5,9,14H,3,6-8H2,1-2H3,(H,15,17). The number of carbonyl (C=O) groups excluding carboxylic acids is 1. The van der Waals surface area contributed by atoms with Crippen molar-refractivity contribution in [2.24, 2.45) is 0 Å². The maximum atomic E-state index is 11.9. The molecule has 0 bridgehead atoms. The van der Waals surface area contributed by atoms with Gasteiger partial charge in [0, 0.05) is 30.5 Å². The van der Waals surface area contributed by atoms with Crippen molar-refractivity contribution in [2.45, 2.75) is 13.3 Å². The first-order chi connectivity index (χ1) is 9.60. The summed E-state index contributed by atoms with van der Waals surface area (Å²) in [4.78, 5) is 22.4. The number of hydrogen-bond donors (Lipinski definition) is 2. The van der Waals surface area contributed by atoms with Crippen molar-refractivity contribution in [1.29, 1.82) is 0 Å². The summed E-state index contributed by atoms with van der Waals surface area (Å²) < 4.78 is 0. The van der Waals surface area contributed by atoms with Gasteiger partial charge in [-0.05, 0) is 24.8 Å². The predicted molar refractivity (Wildman–Crippen MR) is 82.6 cm³/mol. The highest BCUT2D eigenvalue weighted by atomic mass is 32.2. The summed E-state index contributed by atoms with van der Waals surface area (Å²) in [6.07, 6.45) is 2.82. The van der Waals surface area contributed by atoms with Gasteiger partial charge in [-0.3, -0.25) is 14.9 Å². The first-order valence-electron chi connectivity index (χ1n) is 6.39. The molecule has 0 heterocycles. The molecular formula is C13H19N3O3S. The molecule has 0 saturated carbocycles. The number of nitro groups is 1. The molecule has 0 unspecified atom stereocenters. The van der Waals surface area contributed by atoms with Crippen LogP contribution in [0.15, 0.2) is 18.2 Å². The molecule has 2 N–H and O–H groups in total. The lowest BCUT2D eigenvalue weighted by atomic mass is 10.1. The lowest BCUT2D eigenvalue weighted by Crippen LogP contribution is -2.25. The summed E-state index contributed by atoms with van der Waals surface area (Å²) in [6.45, 7) is 3.18. The Morgan fingerprint density at radius 1 is 1.40 bits per heavy atom. The SMILES string of the molecule is CCCNc1ccc(C(=O)NCCSC)cc1[N+](=O)[O-]. The zero-order valence-electron chi connectivity index (χ0n) is 11.6. The molecule has 0 aliphatic heterocycles. The van der Waals surface area contributed by atoms with Gasteiger partial charge in [0.1, 0.15) is 5.69 Å². The number of thioether (sulfide) groups is 1. The lowest BCUT2D eigenvalue weighted by molar-refractivity contribution is -0.384. The van der Waals surface area contributed by atoms with Crippen molar-refractivity contribution in [3.63, 3.8) is 0 Å². The van der Waals surface area contributed by atoms with Crippen LogP contribution in [-0.4, -0.2) is 35.9 Å². The van der Waals surface area contributed by atoms with Crippen LogP contribution in [0.1, 0.15) is 23.7 Å². The summed E-state index contributed by atoms with van der Waals surface area (Å²) in [7, 11) is 0. The van der Waals surface area contributed by atoms with Crippen molar-refractivity contribution >= 4 is 29.0 Å². The van der Waals surface area contributed by atoms with Crippen LogP contribution in [0, 0.1) is 10.1 Å². The molecule has 0 radical (unpaired) electrons. The Morgan fingerprint density at radius 2 is 2.15 bits per heavy atom. The van der Waals surface area contributed by atoms with Gasteiger partial charge in [0.05, 0.1) is 4.92 Å². The average molecular weight is 297 g/mol. The van der Waals surface area contributed by atoms with Crippen LogP contribution in [0.3, 0.4) is 0 Å². The van der Waals surface area contributed by atoms with Gasteiger partial charge in [0.2, 0.25) is 0 Å². The van der Waals surface area contributed by atoms with E-state index in [4.69, 9.17) is 0 Å². The maximum absolute atomic E-state index is 11.9. The number of amides is 1. The van der Waals surface area contributed by atoms with E-state index >= 15 is 0 Å². The predicted octanol–water partition coefficient (Wildman–Crippen LogP) is 2.51. The Hall–Kier alpha value is -1.76. The van der Waals surface area contributed by atoms with Gasteiger partial charge < -0.3 is 10.6 Å². The second kappa shape index (κ2) is 8.42. The third-order valence-electron chi connectivity index (χ3n) is 2.61. The van der Waals surface area contributed by atoms with Gasteiger partial charge in [-0.25, -0.2) is 0 Å². The number of rotatable bonds is 8. The monoisotopic (exact) mass is 297 g/mol. The molecule has 0 aliphatic carbocycles. The number of anilines is 1. The minimum Gasteiger partial charge on any atom is -0.380 e. The minimum atomic E-state index is -0.476. The highest BCUT2D eigenvalue weighted by molar-refractivity contribution is 7.98. The van der Waals surface area contributed by atoms with Crippen LogP contribution >= 0.6 is 11.8 Å². The molecular weight excluding hydrogens is 278 g/mol. The van der Waals surface area contributed by atoms with Crippen LogP contribution in [0.5, 0.6) is 0 Å². The highest BCUT2D eigenvalue weighted by Gasteiger charge is 2.17. The molecule has 0 atom stereocenters. The maximum Gasteiger partial charge on any atom is 0.293 e. The summed E-state index contributed by atoms with van der Waals surface area (Å²) in [5.74, 6) is 0.522. The van der Waals surface area contributed by atoms with Crippen molar-refractivity contribution < 1.29 is 9.72 Å². The second-order valence-electron chi connectivity index (χ2n) is 4.16. The first-order valence-corrected chi connectivity index (χ1v) is 7.79. The largest absolute Gasteiger partial charge is 0.380 e. The number of nitro benzene ring substituents is 1. The summed E-state index contributed by atoms with van der Waals surface area (Å²) in [5, 5.41) is 16.8. The molecule has 6 nitrogen and oxygen atoms in total. The van der Waals surface area contributed by atoms with E-state index in [1.54, 1.807) is 23.9 Å².